The molecule has 242 valence electrons. The number of ether oxygens (including phenoxy) is 1. The summed E-state index contributed by atoms with van der Waals surface area (Å²) in [6.07, 6.45) is -5.03. The van der Waals surface area contributed by atoms with Crippen molar-refractivity contribution in [2.45, 2.75) is 58.7 Å². The molecular weight excluding hydrogens is 601 g/mol. The number of amidine groups is 1. The summed E-state index contributed by atoms with van der Waals surface area (Å²) in [6, 6.07) is 6.86. The second-order valence-electron chi connectivity index (χ2n) is 11.1. The summed E-state index contributed by atoms with van der Waals surface area (Å²) in [7, 11) is 1.54. The third kappa shape index (κ3) is 8.16. The summed E-state index contributed by atoms with van der Waals surface area (Å²) in [6.45, 7) is 8.53. The molecule has 12 nitrogen and oxygen atoms in total. The number of aliphatic carboxylic acids is 2. The van der Waals surface area contributed by atoms with Gasteiger partial charge in [-0.15, -0.1) is 0 Å². The van der Waals surface area contributed by atoms with Crippen LogP contribution in [0.2, 0.25) is 0 Å². The van der Waals surface area contributed by atoms with E-state index in [1.165, 1.54) is 7.05 Å². The van der Waals surface area contributed by atoms with Crippen LogP contribution in [-0.2, 0) is 28.0 Å². The zero-order valence-corrected chi connectivity index (χ0v) is 25.2. The number of alkyl halides is 3. The van der Waals surface area contributed by atoms with Crippen LogP contribution in [-0.4, -0.2) is 75.9 Å². The van der Waals surface area contributed by atoms with E-state index in [1.54, 1.807) is 29.2 Å². The van der Waals surface area contributed by atoms with Gasteiger partial charge in [0.05, 0.1) is 25.1 Å². The van der Waals surface area contributed by atoms with Crippen LogP contribution in [0.1, 0.15) is 77.4 Å². The van der Waals surface area contributed by atoms with Crippen LogP contribution in [0.15, 0.2) is 28.7 Å². The summed E-state index contributed by atoms with van der Waals surface area (Å²) in [5.41, 5.74) is 3.65. The smallest absolute Gasteiger partial charge is 0.490 e. The monoisotopic (exact) mass is 634 g/mol. The average molecular weight is 635 g/mol. The summed E-state index contributed by atoms with van der Waals surface area (Å²) < 4.78 is 43.3. The predicted molar refractivity (Wildman–Crippen MR) is 155 cm³/mol. The molecule has 45 heavy (non-hydrogen) atoms. The molecule has 0 atom stereocenters. The molecule has 4 N–H and O–H groups in total. The van der Waals surface area contributed by atoms with Crippen LogP contribution in [0, 0.1) is 5.41 Å². The Morgan fingerprint density at radius 1 is 1.11 bits per heavy atom. The fraction of sp³-hybridized carbons (Fsp3) is 0.400. The maximum Gasteiger partial charge on any atom is 0.490 e. The van der Waals surface area contributed by atoms with Crippen molar-refractivity contribution < 1.29 is 51.7 Å². The number of carboxylic acids is 2. The molecule has 0 aliphatic carbocycles. The van der Waals surface area contributed by atoms with Gasteiger partial charge < -0.3 is 29.6 Å². The van der Waals surface area contributed by atoms with Gasteiger partial charge in [0.1, 0.15) is 17.1 Å². The van der Waals surface area contributed by atoms with Gasteiger partial charge >= 0.3 is 18.1 Å². The molecule has 0 unspecified atom stereocenters. The van der Waals surface area contributed by atoms with Crippen molar-refractivity contribution in [3.8, 4) is 5.75 Å². The van der Waals surface area contributed by atoms with Gasteiger partial charge in [-0.1, -0.05) is 20.8 Å². The number of hydrogen-bond donors (Lipinski definition) is 4. The fourth-order valence-corrected chi connectivity index (χ4v) is 4.53. The highest BCUT2D eigenvalue weighted by Crippen LogP contribution is 2.34. The van der Waals surface area contributed by atoms with Crippen LogP contribution < -0.4 is 10.1 Å². The summed E-state index contributed by atoms with van der Waals surface area (Å²) >= 11 is 0. The first kappa shape index (κ1) is 34.5. The topological polar surface area (TPSA) is 183 Å². The normalized spacial score (nSPS) is 12.8. The Morgan fingerprint density at radius 2 is 1.76 bits per heavy atom. The number of Topliss-reactive ketones (excluding diaryl/α,β-unsaturated/α-hetero) is 1. The van der Waals surface area contributed by atoms with Gasteiger partial charge in [-0.05, 0) is 42.2 Å². The van der Waals surface area contributed by atoms with Gasteiger partial charge in [-0.3, -0.25) is 19.8 Å². The number of halogens is 3. The van der Waals surface area contributed by atoms with Crippen molar-refractivity contribution in [2.75, 3.05) is 20.2 Å². The van der Waals surface area contributed by atoms with Crippen molar-refractivity contribution in [1.29, 1.82) is 5.41 Å². The van der Waals surface area contributed by atoms with Crippen molar-refractivity contribution in [3.63, 3.8) is 0 Å². The Labute approximate surface area is 255 Å². The average Bonchev–Trinajstić information content (AvgIpc) is 3.49. The lowest BCUT2D eigenvalue weighted by molar-refractivity contribution is -0.192. The number of benzene rings is 2. The van der Waals surface area contributed by atoms with E-state index in [0.29, 0.717) is 52.6 Å². The number of aryl methyl sites for hydroxylation is 1. The van der Waals surface area contributed by atoms with E-state index in [9.17, 15) is 27.6 Å². The lowest BCUT2D eigenvalue weighted by Gasteiger charge is -2.21. The molecule has 4 rings (SSSR count). The van der Waals surface area contributed by atoms with Crippen LogP contribution in [0.4, 0.5) is 13.2 Å². The Morgan fingerprint density at radius 3 is 2.29 bits per heavy atom. The Balaban J connectivity index is 0.000000707. The molecule has 0 bridgehead atoms. The van der Waals surface area contributed by atoms with Crippen molar-refractivity contribution in [2.24, 2.45) is 0 Å². The second kappa shape index (κ2) is 13.4. The van der Waals surface area contributed by atoms with Crippen molar-refractivity contribution >= 4 is 40.6 Å². The third-order valence-corrected chi connectivity index (χ3v) is 6.70. The third-order valence-electron chi connectivity index (χ3n) is 6.70. The molecule has 0 saturated carbocycles. The predicted octanol–water partition coefficient (Wildman–Crippen LogP) is 4.56. The molecule has 15 heteroatoms. The lowest BCUT2D eigenvalue weighted by atomic mass is 9.85. The molecule has 2 heterocycles. The van der Waals surface area contributed by atoms with Crippen molar-refractivity contribution in [1.82, 2.24) is 15.2 Å². The molecule has 0 radical (unpaired) electrons. The minimum Gasteiger partial charge on any atom is -0.493 e. The first-order valence-electron chi connectivity index (χ1n) is 13.7. The molecule has 3 aromatic rings. The molecular formula is C30H33F3N4O8. The molecule has 2 aromatic carbocycles. The molecule has 1 aliphatic rings. The van der Waals surface area contributed by atoms with E-state index >= 15 is 0 Å². The maximum atomic E-state index is 13.5. The zero-order chi connectivity index (χ0) is 33.9. The molecule has 0 saturated heterocycles. The largest absolute Gasteiger partial charge is 0.493 e. The van der Waals surface area contributed by atoms with Gasteiger partial charge in [0, 0.05) is 36.7 Å². The number of oxazole rings is 1. The number of carbonyl (C=O) groups excluding carboxylic acids is 2. The zero-order valence-electron chi connectivity index (χ0n) is 25.2. The van der Waals surface area contributed by atoms with E-state index in [0.717, 1.165) is 11.1 Å². The minimum absolute atomic E-state index is 0.0361. The second-order valence-corrected chi connectivity index (χ2v) is 11.1. The standard InChI is InChI=1S/C28H32N4O6.C2HF3O2/c1-6-37-22-11-16-13-32(26(29)17(16)12-18(22)27(36)30-5)14-21(33)15-9-19(28(2,3)4)25-20(10-15)31-23(38-25)7-8-24(34)35;3-2(4,5)1(6)7/h9-12,29H,6-8,13-14H2,1-5H3,(H,30,36)(H,34,35);(H,6,7). The van der Waals surface area contributed by atoms with Crippen LogP contribution in [0.3, 0.4) is 0 Å². The quantitative estimate of drug-likeness (QED) is 0.244. The van der Waals surface area contributed by atoms with Gasteiger partial charge in [-0.25, -0.2) is 9.78 Å². The number of aromatic nitrogens is 1. The highest BCUT2D eigenvalue weighted by Gasteiger charge is 2.38. The van der Waals surface area contributed by atoms with Gasteiger partial charge in [-0.2, -0.15) is 13.2 Å². The Kier molecular flexibility index (Phi) is 10.3. The number of carboxylic acid groups (broad SMARTS) is 2. The Hall–Kier alpha value is -4.95. The molecule has 1 aromatic heterocycles. The van der Waals surface area contributed by atoms with Crippen LogP contribution in [0.25, 0.3) is 11.1 Å². The Bertz CT molecular complexity index is 1660. The molecule has 0 fully saturated rings. The SMILES string of the molecule is CCOc1cc2c(cc1C(=O)NC)C(=N)N(CC(=O)c1cc(C(C)(C)C)c3oc(CCC(=O)O)nc3c1)C2.O=C(O)C(F)(F)F. The summed E-state index contributed by atoms with van der Waals surface area (Å²) in [5, 5.41) is 27.4. The first-order chi connectivity index (χ1) is 20.9. The summed E-state index contributed by atoms with van der Waals surface area (Å²) in [4.78, 5) is 51.9. The van der Waals surface area contributed by atoms with E-state index in [2.05, 4.69) is 10.3 Å². The van der Waals surface area contributed by atoms with E-state index in [-0.39, 0.29) is 42.3 Å². The van der Waals surface area contributed by atoms with E-state index < -0.39 is 18.1 Å². The van der Waals surface area contributed by atoms with Crippen molar-refractivity contribution in [3.05, 3.63) is 58.0 Å². The number of amides is 1. The molecule has 1 aliphatic heterocycles. The number of carbonyl (C=O) groups is 4. The first-order valence-corrected chi connectivity index (χ1v) is 13.7. The van der Waals surface area contributed by atoms with E-state index in [1.807, 2.05) is 27.7 Å². The maximum absolute atomic E-state index is 13.5. The van der Waals surface area contributed by atoms with Gasteiger partial charge in [0.25, 0.3) is 5.91 Å². The molecule has 0 spiro atoms. The highest BCUT2D eigenvalue weighted by molar-refractivity contribution is 6.08. The van der Waals surface area contributed by atoms with Crippen LogP contribution >= 0.6 is 0 Å². The minimum atomic E-state index is -5.08. The lowest BCUT2D eigenvalue weighted by Crippen LogP contribution is -2.30. The number of fused-ring (bicyclic) bond motifs is 2. The molecule has 1 amide bonds. The van der Waals surface area contributed by atoms with Crippen LogP contribution in [0.5, 0.6) is 5.75 Å². The fourth-order valence-electron chi connectivity index (χ4n) is 4.53. The number of rotatable bonds is 9. The number of nitrogens with one attached hydrogen (secondary N) is 2. The number of hydrogen-bond acceptors (Lipinski definition) is 8. The van der Waals surface area contributed by atoms with E-state index in [4.69, 9.17) is 29.6 Å². The number of nitrogens with zero attached hydrogens (tertiary/aromatic N) is 2. The van der Waals surface area contributed by atoms with Gasteiger partial charge in [0.15, 0.2) is 17.3 Å². The summed E-state index contributed by atoms with van der Waals surface area (Å²) in [5.74, 6) is -3.28. The highest BCUT2D eigenvalue weighted by atomic mass is 19.4. The van der Waals surface area contributed by atoms with Gasteiger partial charge in [0.2, 0.25) is 0 Å². The number of ketones is 1.